The average molecular weight is 317 g/mol. The van der Waals surface area contributed by atoms with Gasteiger partial charge < -0.3 is 15.1 Å². The van der Waals surface area contributed by atoms with Gasteiger partial charge in [-0.05, 0) is 24.3 Å². The van der Waals surface area contributed by atoms with E-state index in [2.05, 4.69) is 15.5 Å². The van der Waals surface area contributed by atoms with E-state index < -0.39 is 0 Å². The Morgan fingerprint density at radius 2 is 2.00 bits per heavy atom. The first-order valence-electron chi connectivity index (χ1n) is 7.80. The maximum atomic E-state index is 13.7. The summed E-state index contributed by atoms with van der Waals surface area (Å²) in [7, 11) is 0. The van der Waals surface area contributed by atoms with Crippen LogP contribution in [-0.4, -0.2) is 50.1 Å². The molecule has 0 unspecified atom stereocenters. The summed E-state index contributed by atoms with van der Waals surface area (Å²) < 4.78 is 19.2. The molecule has 1 aromatic heterocycles. The van der Waals surface area contributed by atoms with Gasteiger partial charge in [-0.25, -0.2) is 4.39 Å². The molecule has 2 N–H and O–H groups in total. The first-order chi connectivity index (χ1) is 11.2. The zero-order valence-electron chi connectivity index (χ0n) is 12.8. The van der Waals surface area contributed by atoms with Crippen molar-refractivity contribution in [3.05, 3.63) is 48.0 Å². The van der Waals surface area contributed by atoms with Crippen molar-refractivity contribution in [3.63, 3.8) is 0 Å². The molecule has 2 heterocycles. The van der Waals surface area contributed by atoms with Crippen molar-refractivity contribution in [3.8, 4) is 11.3 Å². The number of hydrogen-bond acceptors (Lipinski definition) is 4. The summed E-state index contributed by atoms with van der Waals surface area (Å²) in [4.78, 5) is 14.4. The van der Waals surface area contributed by atoms with Gasteiger partial charge in [0.15, 0.2) is 5.76 Å². The number of halogens is 1. The monoisotopic (exact) mass is 317 g/mol. The van der Waals surface area contributed by atoms with Gasteiger partial charge in [-0.1, -0.05) is 12.1 Å². The van der Waals surface area contributed by atoms with Gasteiger partial charge in [0.1, 0.15) is 11.6 Å². The summed E-state index contributed by atoms with van der Waals surface area (Å²) in [5.41, 5.74) is 0.354. The molecule has 1 aliphatic rings. The third-order valence-electron chi connectivity index (χ3n) is 3.89. The van der Waals surface area contributed by atoms with Crippen LogP contribution in [0.25, 0.3) is 11.3 Å². The maximum absolute atomic E-state index is 13.7. The summed E-state index contributed by atoms with van der Waals surface area (Å²) >= 11 is 0. The van der Waals surface area contributed by atoms with Gasteiger partial charge in [-0.2, -0.15) is 0 Å². The lowest BCUT2D eigenvalue weighted by atomic mass is 10.1. The molecule has 1 saturated heterocycles. The van der Waals surface area contributed by atoms with Crippen LogP contribution in [0.5, 0.6) is 0 Å². The van der Waals surface area contributed by atoms with Crippen LogP contribution in [0.15, 0.2) is 40.8 Å². The molecule has 1 aromatic carbocycles. The van der Waals surface area contributed by atoms with E-state index in [1.165, 1.54) is 6.07 Å². The highest BCUT2D eigenvalue weighted by Crippen LogP contribution is 2.24. The van der Waals surface area contributed by atoms with Crippen molar-refractivity contribution < 1.29 is 13.6 Å². The lowest BCUT2D eigenvalue weighted by Gasteiger charge is -2.26. The Bertz CT molecular complexity index is 665. The number of piperazine rings is 1. The van der Waals surface area contributed by atoms with E-state index in [0.29, 0.717) is 17.9 Å². The summed E-state index contributed by atoms with van der Waals surface area (Å²) in [6, 6.07) is 9.52. The van der Waals surface area contributed by atoms with Gasteiger partial charge in [0.25, 0.3) is 5.91 Å². The number of hydrogen-bond donors (Lipinski definition) is 2. The van der Waals surface area contributed by atoms with Crippen molar-refractivity contribution in [2.24, 2.45) is 0 Å². The van der Waals surface area contributed by atoms with Gasteiger partial charge in [0, 0.05) is 39.3 Å². The molecular formula is C17H20FN3O2. The molecule has 0 saturated carbocycles. The number of carbonyl (C=O) groups excluding carboxylic acids is 1. The highest BCUT2D eigenvalue weighted by molar-refractivity contribution is 5.92. The second-order valence-electron chi connectivity index (χ2n) is 5.49. The predicted octanol–water partition coefficient (Wildman–Crippen LogP) is 1.72. The number of amides is 1. The van der Waals surface area contributed by atoms with Gasteiger partial charge >= 0.3 is 0 Å². The van der Waals surface area contributed by atoms with Gasteiger partial charge in [0.05, 0.1) is 5.56 Å². The largest absolute Gasteiger partial charge is 0.451 e. The lowest BCUT2D eigenvalue weighted by molar-refractivity contribution is 0.0920. The van der Waals surface area contributed by atoms with Gasteiger partial charge in [0.2, 0.25) is 0 Å². The molecule has 1 amide bonds. The van der Waals surface area contributed by atoms with E-state index >= 15 is 0 Å². The third-order valence-corrected chi connectivity index (χ3v) is 3.89. The normalized spacial score (nSPS) is 15.5. The molecule has 2 aromatic rings. The predicted molar refractivity (Wildman–Crippen MR) is 85.7 cm³/mol. The zero-order chi connectivity index (χ0) is 16.1. The maximum Gasteiger partial charge on any atom is 0.287 e. The Balaban J connectivity index is 1.55. The molecule has 122 valence electrons. The van der Waals surface area contributed by atoms with E-state index in [9.17, 15) is 9.18 Å². The minimum atomic E-state index is -0.368. The first kappa shape index (κ1) is 15.7. The molecule has 0 atom stereocenters. The Kier molecular flexibility index (Phi) is 5.05. The summed E-state index contributed by atoms with van der Waals surface area (Å²) in [6.07, 6.45) is 0. The van der Waals surface area contributed by atoms with Crippen LogP contribution in [0.2, 0.25) is 0 Å². The van der Waals surface area contributed by atoms with Crippen LogP contribution in [0.1, 0.15) is 10.6 Å². The minimum absolute atomic E-state index is 0.198. The summed E-state index contributed by atoms with van der Waals surface area (Å²) in [5, 5.41) is 6.13. The van der Waals surface area contributed by atoms with Crippen LogP contribution in [0.4, 0.5) is 4.39 Å². The van der Waals surface area contributed by atoms with Crippen LogP contribution in [0, 0.1) is 5.82 Å². The Morgan fingerprint density at radius 1 is 1.22 bits per heavy atom. The molecule has 1 aliphatic heterocycles. The second-order valence-corrected chi connectivity index (χ2v) is 5.49. The second kappa shape index (κ2) is 7.39. The van der Waals surface area contributed by atoms with Crippen molar-refractivity contribution in [2.75, 3.05) is 39.3 Å². The molecule has 0 radical (unpaired) electrons. The topological polar surface area (TPSA) is 57.5 Å². The average Bonchev–Trinajstić information content (AvgIpc) is 3.06. The third kappa shape index (κ3) is 3.97. The Morgan fingerprint density at radius 3 is 2.78 bits per heavy atom. The van der Waals surface area contributed by atoms with E-state index in [4.69, 9.17) is 4.42 Å². The zero-order valence-corrected chi connectivity index (χ0v) is 12.8. The molecule has 0 bridgehead atoms. The SMILES string of the molecule is O=C(NCCN1CCNCC1)c1ccc(-c2ccccc2F)o1. The number of rotatable bonds is 5. The van der Waals surface area contributed by atoms with Crippen molar-refractivity contribution in [1.82, 2.24) is 15.5 Å². The number of nitrogens with zero attached hydrogens (tertiary/aromatic N) is 1. The number of nitrogens with one attached hydrogen (secondary N) is 2. The standard InChI is InChI=1S/C17H20FN3O2/c18-14-4-2-1-3-13(14)15-5-6-16(23-15)17(22)20-9-12-21-10-7-19-8-11-21/h1-6,19H,7-12H2,(H,20,22). The van der Waals surface area contributed by atoms with E-state index in [1.54, 1.807) is 30.3 Å². The fourth-order valence-corrected chi connectivity index (χ4v) is 2.62. The lowest BCUT2D eigenvalue weighted by Crippen LogP contribution is -2.46. The summed E-state index contributed by atoms with van der Waals surface area (Å²) in [5.74, 6) is -0.0887. The van der Waals surface area contributed by atoms with Gasteiger partial charge in [-0.3, -0.25) is 9.69 Å². The first-order valence-corrected chi connectivity index (χ1v) is 7.80. The smallest absolute Gasteiger partial charge is 0.287 e. The van der Waals surface area contributed by atoms with Crippen LogP contribution in [0.3, 0.4) is 0 Å². The highest BCUT2D eigenvalue weighted by Gasteiger charge is 2.15. The van der Waals surface area contributed by atoms with Gasteiger partial charge in [-0.15, -0.1) is 0 Å². The van der Waals surface area contributed by atoms with Crippen molar-refractivity contribution in [2.45, 2.75) is 0 Å². The van der Waals surface area contributed by atoms with E-state index in [-0.39, 0.29) is 17.5 Å². The Labute approximate surface area is 134 Å². The molecule has 6 heteroatoms. The van der Waals surface area contributed by atoms with E-state index in [1.807, 2.05) is 0 Å². The van der Waals surface area contributed by atoms with Crippen molar-refractivity contribution in [1.29, 1.82) is 0 Å². The van der Waals surface area contributed by atoms with Crippen LogP contribution in [-0.2, 0) is 0 Å². The van der Waals surface area contributed by atoms with E-state index in [0.717, 1.165) is 32.7 Å². The molecule has 5 nitrogen and oxygen atoms in total. The van der Waals surface area contributed by atoms with Crippen LogP contribution >= 0.6 is 0 Å². The van der Waals surface area contributed by atoms with Crippen LogP contribution < -0.4 is 10.6 Å². The highest BCUT2D eigenvalue weighted by atomic mass is 19.1. The molecule has 0 aliphatic carbocycles. The number of benzene rings is 1. The molecule has 1 fully saturated rings. The molecule has 23 heavy (non-hydrogen) atoms. The molecular weight excluding hydrogens is 297 g/mol. The minimum Gasteiger partial charge on any atom is -0.451 e. The molecule has 3 rings (SSSR count). The fraction of sp³-hybridized carbons (Fsp3) is 0.353. The number of carbonyl (C=O) groups is 1. The molecule has 0 spiro atoms. The fourth-order valence-electron chi connectivity index (χ4n) is 2.62. The van der Waals surface area contributed by atoms with Crippen molar-refractivity contribution >= 4 is 5.91 Å². The summed E-state index contributed by atoms with van der Waals surface area (Å²) in [6.45, 7) is 5.33. The Hall–Kier alpha value is -2.18. The number of furan rings is 1. The quantitative estimate of drug-likeness (QED) is 0.882.